The highest BCUT2D eigenvalue weighted by molar-refractivity contribution is 6.30. The first-order valence-corrected chi connectivity index (χ1v) is 8.00. The summed E-state index contributed by atoms with van der Waals surface area (Å²) in [6, 6.07) is 8.83. The van der Waals surface area contributed by atoms with Crippen LogP contribution in [0.4, 0.5) is 21.5 Å². The van der Waals surface area contributed by atoms with Crippen LogP contribution in [-0.2, 0) is 4.79 Å². The fourth-order valence-corrected chi connectivity index (χ4v) is 2.36. The van der Waals surface area contributed by atoms with Gasteiger partial charge in [-0.05, 0) is 30.3 Å². The lowest BCUT2D eigenvalue weighted by Crippen LogP contribution is -2.25. The molecule has 0 heterocycles. The molecule has 0 aliphatic heterocycles. The molecule has 0 aromatic heterocycles. The number of benzene rings is 2. The van der Waals surface area contributed by atoms with E-state index in [2.05, 4.69) is 5.32 Å². The monoisotopic (exact) mass is 381 g/mol. The molecule has 2 aromatic carbocycles. The summed E-state index contributed by atoms with van der Waals surface area (Å²) in [4.78, 5) is 23.1. The number of likely N-dealkylation sites (N-methyl/N-ethyl adjacent to an activating group) is 1. The molecule has 0 aliphatic carbocycles. The summed E-state index contributed by atoms with van der Waals surface area (Å²) in [6.45, 7) is 1.79. The lowest BCUT2D eigenvalue weighted by Gasteiger charge is -2.21. The van der Waals surface area contributed by atoms with Gasteiger partial charge in [-0.1, -0.05) is 11.6 Å². The summed E-state index contributed by atoms with van der Waals surface area (Å²) in [5.74, 6) is -0.634. The topological polar surface area (TPSA) is 84.7 Å². The van der Waals surface area contributed by atoms with Gasteiger partial charge in [-0.2, -0.15) is 0 Å². The van der Waals surface area contributed by atoms with Crippen LogP contribution in [0.5, 0.6) is 5.75 Å². The van der Waals surface area contributed by atoms with Crippen LogP contribution in [-0.4, -0.2) is 31.0 Å². The van der Waals surface area contributed by atoms with Gasteiger partial charge in [0.25, 0.3) is 5.69 Å². The number of carbonyl (C=O) groups excluding carboxylic acids is 1. The first-order valence-electron chi connectivity index (χ1n) is 7.63. The second kappa shape index (κ2) is 8.48. The summed E-state index contributed by atoms with van der Waals surface area (Å²) in [7, 11) is 1.62. The third-order valence-electron chi connectivity index (χ3n) is 3.49. The van der Waals surface area contributed by atoms with Crippen molar-refractivity contribution in [2.24, 2.45) is 0 Å². The Morgan fingerprint density at radius 3 is 2.58 bits per heavy atom. The fourth-order valence-electron chi connectivity index (χ4n) is 2.24. The maximum Gasteiger partial charge on any atom is 0.295 e. The van der Waals surface area contributed by atoms with E-state index in [4.69, 9.17) is 16.3 Å². The van der Waals surface area contributed by atoms with Crippen molar-refractivity contribution in [1.29, 1.82) is 0 Å². The van der Waals surface area contributed by atoms with Crippen LogP contribution in [0.25, 0.3) is 0 Å². The molecular weight excluding hydrogens is 365 g/mol. The average Bonchev–Trinajstić information content (AvgIpc) is 2.57. The van der Waals surface area contributed by atoms with E-state index >= 15 is 0 Å². The highest BCUT2D eigenvalue weighted by atomic mass is 35.5. The molecule has 9 heteroatoms. The van der Waals surface area contributed by atoms with Crippen molar-refractivity contribution in [3.05, 3.63) is 57.4 Å². The molecule has 0 spiro atoms. The number of nitro benzene ring substituents is 1. The summed E-state index contributed by atoms with van der Waals surface area (Å²) in [5, 5.41) is 14.0. The molecule has 2 rings (SSSR count). The molecule has 0 saturated heterocycles. The normalized spacial score (nSPS) is 10.3. The molecule has 0 saturated carbocycles. The van der Waals surface area contributed by atoms with E-state index in [1.807, 2.05) is 0 Å². The Labute approximate surface area is 154 Å². The van der Waals surface area contributed by atoms with Crippen molar-refractivity contribution in [1.82, 2.24) is 0 Å². The first kappa shape index (κ1) is 19.5. The number of nitrogens with one attached hydrogen (secondary N) is 1. The van der Waals surface area contributed by atoms with Crippen LogP contribution in [0.15, 0.2) is 36.4 Å². The number of anilines is 2. The molecule has 0 bridgehead atoms. The summed E-state index contributed by atoms with van der Waals surface area (Å²) < 4.78 is 19.8. The van der Waals surface area contributed by atoms with E-state index in [1.54, 1.807) is 36.2 Å². The number of hydrogen-bond acceptors (Lipinski definition) is 5. The van der Waals surface area contributed by atoms with Gasteiger partial charge in [-0.25, -0.2) is 4.39 Å². The lowest BCUT2D eigenvalue weighted by atomic mass is 10.2. The van der Waals surface area contributed by atoms with E-state index in [1.165, 1.54) is 13.0 Å². The SMILES string of the molecule is CC(=O)Nc1cc(N(C)CCOc2ccc(Cl)cc2)c(F)cc1[N+](=O)[O-]. The van der Waals surface area contributed by atoms with Crippen molar-refractivity contribution in [3.8, 4) is 5.75 Å². The van der Waals surface area contributed by atoms with E-state index < -0.39 is 22.3 Å². The molecule has 1 amide bonds. The number of nitrogens with zero attached hydrogens (tertiary/aromatic N) is 2. The van der Waals surface area contributed by atoms with Gasteiger partial charge in [0.05, 0.1) is 23.2 Å². The predicted molar refractivity (Wildman–Crippen MR) is 97.6 cm³/mol. The van der Waals surface area contributed by atoms with Crippen LogP contribution in [0.1, 0.15) is 6.92 Å². The number of halogens is 2. The number of ether oxygens (including phenoxy) is 1. The third kappa shape index (κ3) is 5.06. The molecule has 0 unspecified atom stereocenters. The lowest BCUT2D eigenvalue weighted by molar-refractivity contribution is -0.384. The van der Waals surface area contributed by atoms with Gasteiger partial charge >= 0.3 is 0 Å². The molecule has 138 valence electrons. The van der Waals surface area contributed by atoms with E-state index in [-0.39, 0.29) is 18.0 Å². The van der Waals surface area contributed by atoms with Gasteiger partial charge in [0.15, 0.2) is 5.82 Å². The second-order valence-corrected chi connectivity index (χ2v) is 5.92. The maximum absolute atomic E-state index is 14.3. The van der Waals surface area contributed by atoms with Gasteiger partial charge in [0.2, 0.25) is 5.91 Å². The predicted octanol–water partition coefficient (Wildman–Crippen LogP) is 3.86. The van der Waals surface area contributed by atoms with Crippen molar-refractivity contribution in [2.75, 3.05) is 30.4 Å². The Hall–Kier alpha value is -2.87. The molecule has 7 nitrogen and oxygen atoms in total. The zero-order chi connectivity index (χ0) is 19.3. The zero-order valence-corrected chi connectivity index (χ0v) is 14.9. The van der Waals surface area contributed by atoms with Gasteiger partial charge in [-0.3, -0.25) is 14.9 Å². The highest BCUT2D eigenvalue weighted by Gasteiger charge is 2.21. The minimum Gasteiger partial charge on any atom is -0.492 e. The average molecular weight is 382 g/mol. The first-order chi connectivity index (χ1) is 12.3. The molecule has 2 aromatic rings. The minimum absolute atomic E-state index is 0.0654. The molecular formula is C17H17ClFN3O4. The summed E-state index contributed by atoms with van der Waals surface area (Å²) >= 11 is 5.80. The van der Waals surface area contributed by atoms with Crippen molar-refractivity contribution < 1.29 is 18.8 Å². The Morgan fingerprint density at radius 2 is 2.00 bits per heavy atom. The molecule has 26 heavy (non-hydrogen) atoms. The van der Waals surface area contributed by atoms with Crippen LogP contribution in [0.3, 0.4) is 0 Å². The van der Waals surface area contributed by atoms with E-state index in [0.29, 0.717) is 17.3 Å². The van der Waals surface area contributed by atoms with Crippen LogP contribution < -0.4 is 15.0 Å². The maximum atomic E-state index is 14.3. The Bertz CT molecular complexity index is 814. The van der Waals surface area contributed by atoms with Crippen molar-refractivity contribution in [3.63, 3.8) is 0 Å². The number of carbonyl (C=O) groups is 1. The van der Waals surface area contributed by atoms with Crippen LogP contribution >= 0.6 is 11.6 Å². The quantitative estimate of drug-likeness (QED) is 0.581. The number of rotatable bonds is 7. The molecule has 0 radical (unpaired) electrons. The number of hydrogen-bond donors (Lipinski definition) is 1. The smallest absolute Gasteiger partial charge is 0.295 e. The third-order valence-corrected chi connectivity index (χ3v) is 3.74. The molecule has 0 atom stereocenters. The standard InChI is InChI=1S/C17H17ClFN3O4/c1-11(23)20-15-10-16(14(19)9-17(15)22(24)25)21(2)7-8-26-13-5-3-12(18)4-6-13/h3-6,9-10H,7-8H2,1-2H3,(H,20,23). The van der Waals surface area contributed by atoms with Crippen LogP contribution in [0.2, 0.25) is 5.02 Å². The van der Waals surface area contributed by atoms with Crippen molar-refractivity contribution in [2.45, 2.75) is 6.92 Å². The fraction of sp³-hybridized carbons (Fsp3) is 0.235. The van der Waals surface area contributed by atoms with Gasteiger partial charge < -0.3 is 15.0 Å². The largest absolute Gasteiger partial charge is 0.492 e. The van der Waals surface area contributed by atoms with E-state index in [9.17, 15) is 19.3 Å². The minimum atomic E-state index is -0.764. The number of nitro groups is 1. The molecule has 1 N–H and O–H groups in total. The molecule has 0 fully saturated rings. The highest BCUT2D eigenvalue weighted by Crippen LogP contribution is 2.32. The Morgan fingerprint density at radius 1 is 1.35 bits per heavy atom. The number of amides is 1. The van der Waals surface area contributed by atoms with Crippen molar-refractivity contribution >= 4 is 34.6 Å². The second-order valence-electron chi connectivity index (χ2n) is 5.48. The Kier molecular flexibility index (Phi) is 6.35. The van der Waals surface area contributed by atoms with E-state index in [0.717, 1.165) is 6.07 Å². The van der Waals surface area contributed by atoms with Gasteiger partial charge in [-0.15, -0.1) is 0 Å². The van der Waals surface area contributed by atoms with Gasteiger partial charge in [0, 0.05) is 19.0 Å². The van der Waals surface area contributed by atoms with Gasteiger partial charge in [0.1, 0.15) is 18.0 Å². The Balaban J connectivity index is 2.11. The molecule has 0 aliphatic rings. The summed E-state index contributed by atoms with van der Waals surface area (Å²) in [6.07, 6.45) is 0. The summed E-state index contributed by atoms with van der Waals surface area (Å²) in [5.41, 5.74) is -0.462. The van der Waals surface area contributed by atoms with Crippen LogP contribution in [0, 0.1) is 15.9 Å². The zero-order valence-electron chi connectivity index (χ0n) is 14.2.